The summed E-state index contributed by atoms with van der Waals surface area (Å²) in [5.74, 6) is 0.365. The van der Waals surface area contributed by atoms with E-state index >= 15 is 0 Å². The lowest BCUT2D eigenvalue weighted by atomic mass is 9.70. The van der Waals surface area contributed by atoms with Gasteiger partial charge in [-0.2, -0.15) is 5.23 Å². The summed E-state index contributed by atoms with van der Waals surface area (Å²) in [7, 11) is 0. The van der Waals surface area contributed by atoms with Crippen LogP contribution in [0.1, 0.15) is 54.1 Å². The first-order valence-electron chi connectivity index (χ1n) is 13.3. The molecule has 10 heteroatoms. The molecule has 5 heterocycles. The maximum absolute atomic E-state index is 13.7. The van der Waals surface area contributed by atoms with Crippen LogP contribution in [-0.4, -0.2) is 39.8 Å². The molecular weight excluding hydrogens is 502 g/mol. The summed E-state index contributed by atoms with van der Waals surface area (Å²) in [6, 6.07) is 10.7. The van der Waals surface area contributed by atoms with E-state index in [9.17, 15) is 20.0 Å². The number of amides is 1. The molecule has 1 fully saturated rings. The number of benzene rings is 1. The predicted octanol–water partition coefficient (Wildman–Crippen LogP) is 2.36. The molecule has 0 saturated carbocycles. The van der Waals surface area contributed by atoms with Crippen molar-refractivity contribution in [3.05, 3.63) is 79.3 Å². The lowest BCUT2D eigenvalue weighted by molar-refractivity contribution is -0.991. The van der Waals surface area contributed by atoms with E-state index in [1.54, 1.807) is 29.5 Å². The fourth-order valence-electron chi connectivity index (χ4n) is 6.61. The highest BCUT2D eigenvalue weighted by atomic mass is 32.1. The first-order chi connectivity index (χ1) is 18.3. The summed E-state index contributed by atoms with van der Waals surface area (Å²) in [6.07, 6.45) is 2.10. The van der Waals surface area contributed by atoms with Crippen molar-refractivity contribution in [2.45, 2.75) is 57.5 Å². The van der Waals surface area contributed by atoms with Gasteiger partial charge in [-0.15, -0.1) is 11.3 Å². The van der Waals surface area contributed by atoms with Gasteiger partial charge in [0.05, 0.1) is 16.6 Å². The SMILES string of the molecule is CC(C)c1csc(CCNC(=O)[C@@H]2Cc3cc([NH+]([O-])O)ccc3N3CC4CC(Cn5c4cccc5=O)[C@@H]23)n1. The Balaban J connectivity index is 1.29. The lowest BCUT2D eigenvalue weighted by Gasteiger charge is -2.54. The molecule has 3 aliphatic heterocycles. The molecule has 9 nitrogen and oxygen atoms in total. The molecule has 3 N–H and O–H groups in total. The van der Waals surface area contributed by atoms with Crippen molar-refractivity contribution < 1.29 is 15.2 Å². The quantitative estimate of drug-likeness (QED) is 0.418. The van der Waals surface area contributed by atoms with E-state index in [1.807, 2.05) is 22.8 Å². The normalized spacial score (nSPS) is 24.4. The molecule has 0 aliphatic carbocycles. The Morgan fingerprint density at radius 1 is 1.29 bits per heavy atom. The fourth-order valence-corrected chi connectivity index (χ4v) is 7.57. The highest BCUT2D eigenvalue weighted by molar-refractivity contribution is 7.09. The van der Waals surface area contributed by atoms with E-state index in [4.69, 9.17) is 0 Å². The zero-order valence-corrected chi connectivity index (χ0v) is 22.4. The Labute approximate surface area is 225 Å². The molecule has 1 aromatic carbocycles. The van der Waals surface area contributed by atoms with E-state index in [1.165, 1.54) is 0 Å². The van der Waals surface area contributed by atoms with Gasteiger partial charge in [0.1, 0.15) is 0 Å². The number of hydrogen-bond acceptors (Lipinski definition) is 7. The molecule has 2 aromatic heterocycles. The second kappa shape index (κ2) is 9.92. The van der Waals surface area contributed by atoms with Gasteiger partial charge in [0.25, 0.3) is 5.56 Å². The number of nitrogens with one attached hydrogen (secondary N) is 2. The molecule has 3 unspecified atom stereocenters. The number of carbonyl (C=O) groups is 1. The third-order valence-electron chi connectivity index (χ3n) is 8.39. The van der Waals surface area contributed by atoms with Gasteiger partial charge in [0.2, 0.25) is 5.91 Å². The van der Waals surface area contributed by atoms with Crippen molar-refractivity contribution >= 4 is 28.6 Å². The topological polar surface area (TPSA) is 115 Å². The molecule has 1 saturated heterocycles. The number of piperidine rings is 1. The van der Waals surface area contributed by atoms with Crippen LogP contribution in [0.3, 0.4) is 0 Å². The first kappa shape index (κ1) is 25.2. The van der Waals surface area contributed by atoms with Crippen molar-refractivity contribution in [1.29, 1.82) is 0 Å². The van der Waals surface area contributed by atoms with Crippen molar-refractivity contribution in [2.24, 2.45) is 11.8 Å². The monoisotopic (exact) mass is 535 g/mol. The number of aromatic nitrogens is 2. The molecule has 38 heavy (non-hydrogen) atoms. The summed E-state index contributed by atoms with van der Waals surface area (Å²) in [5.41, 5.74) is 4.28. The van der Waals surface area contributed by atoms with Gasteiger partial charge >= 0.3 is 0 Å². The Bertz CT molecular complexity index is 1420. The maximum atomic E-state index is 13.7. The van der Waals surface area contributed by atoms with Crippen molar-refractivity contribution in [3.8, 4) is 0 Å². The van der Waals surface area contributed by atoms with Crippen LogP contribution in [0.25, 0.3) is 0 Å². The van der Waals surface area contributed by atoms with Gasteiger partial charge in [-0.25, -0.2) is 10.2 Å². The van der Waals surface area contributed by atoms with E-state index in [2.05, 4.69) is 34.4 Å². The Morgan fingerprint density at radius 2 is 2.13 bits per heavy atom. The average Bonchev–Trinajstić information content (AvgIpc) is 3.38. The summed E-state index contributed by atoms with van der Waals surface area (Å²) in [5, 5.41) is 26.6. The molecule has 1 amide bonds. The molecule has 0 spiro atoms. The molecule has 0 radical (unpaired) electrons. The number of quaternary nitrogens is 1. The molecule has 5 atom stereocenters. The van der Waals surface area contributed by atoms with E-state index < -0.39 is 5.23 Å². The van der Waals surface area contributed by atoms with Crippen LogP contribution >= 0.6 is 11.3 Å². The summed E-state index contributed by atoms with van der Waals surface area (Å²) in [6.45, 7) is 6.04. The van der Waals surface area contributed by atoms with Gasteiger partial charge < -0.3 is 20.0 Å². The highest BCUT2D eigenvalue weighted by Gasteiger charge is 2.49. The largest absolute Gasteiger partial charge is 0.595 e. The van der Waals surface area contributed by atoms with Crippen molar-refractivity contribution in [2.75, 3.05) is 18.0 Å². The highest BCUT2D eigenvalue weighted by Crippen LogP contribution is 2.47. The van der Waals surface area contributed by atoms with Gasteiger partial charge in [-0.3, -0.25) is 9.59 Å². The summed E-state index contributed by atoms with van der Waals surface area (Å²) in [4.78, 5) is 33.4. The molecular formula is C28H33N5O4S. The van der Waals surface area contributed by atoms with Crippen LogP contribution in [0.4, 0.5) is 11.4 Å². The Kier molecular flexibility index (Phi) is 6.59. The zero-order chi connectivity index (χ0) is 26.6. The van der Waals surface area contributed by atoms with Gasteiger partial charge in [-0.1, -0.05) is 19.9 Å². The van der Waals surface area contributed by atoms with Crippen LogP contribution in [0, 0.1) is 17.0 Å². The minimum absolute atomic E-state index is 0.0122. The number of nitrogens with zero attached hydrogens (tertiary/aromatic N) is 3. The molecule has 3 aromatic rings. The minimum Gasteiger partial charge on any atom is -0.595 e. The van der Waals surface area contributed by atoms with Gasteiger partial charge in [-0.05, 0) is 42.4 Å². The Hall–Kier alpha value is -3.05. The van der Waals surface area contributed by atoms with Crippen molar-refractivity contribution in [3.63, 3.8) is 0 Å². The zero-order valence-electron chi connectivity index (χ0n) is 21.6. The minimum atomic E-state index is -0.969. The summed E-state index contributed by atoms with van der Waals surface area (Å²) >= 11 is 1.63. The predicted molar refractivity (Wildman–Crippen MR) is 145 cm³/mol. The third kappa shape index (κ3) is 4.45. The van der Waals surface area contributed by atoms with Crippen LogP contribution in [0.2, 0.25) is 0 Å². The third-order valence-corrected chi connectivity index (χ3v) is 9.32. The molecule has 6 rings (SSSR count). The first-order valence-corrected chi connectivity index (χ1v) is 14.2. The second-order valence-corrected chi connectivity index (χ2v) is 12.0. The van der Waals surface area contributed by atoms with Crippen LogP contribution in [0.15, 0.2) is 46.6 Å². The number of hydrogen-bond donors (Lipinski definition) is 3. The number of pyridine rings is 1. The number of carbonyl (C=O) groups excluding carboxylic acids is 1. The van der Waals surface area contributed by atoms with Crippen LogP contribution in [0.5, 0.6) is 0 Å². The fraction of sp³-hybridized carbons (Fsp3) is 0.464. The maximum Gasteiger partial charge on any atom is 0.250 e. The van der Waals surface area contributed by atoms with E-state index in [0.29, 0.717) is 38.4 Å². The lowest BCUT2D eigenvalue weighted by Crippen LogP contribution is -2.99. The summed E-state index contributed by atoms with van der Waals surface area (Å²) < 4.78 is 1.89. The number of rotatable bonds is 6. The standard InChI is InChI=1S/C28H33N5O4S/c1-16(2)22-15-38-25(30-22)8-9-29-28(35)21-12-17-11-20(33(36)37)6-7-24(17)32-13-18-10-19(27(21)32)14-31-23(18)4-3-5-26(31)34/h3-7,11,15-16,18-19,21,27,33,36H,8-10,12-14H2,1-2H3,(H,29,35)/t18?,19?,21-,27+/m1/s1. The van der Waals surface area contributed by atoms with Gasteiger partial charge in [0, 0.05) is 73.0 Å². The van der Waals surface area contributed by atoms with E-state index in [0.717, 1.165) is 34.1 Å². The van der Waals surface area contributed by atoms with Crippen molar-refractivity contribution in [1.82, 2.24) is 14.9 Å². The molecule has 2 bridgehead atoms. The van der Waals surface area contributed by atoms with E-state index in [-0.39, 0.29) is 40.9 Å². The van der Waals surface area contributed by atoms with Crippen LogP contribution in [-0.2, 0) is 24.2 Å². The average molecular weight is 536 g/mol. The Morgan fingerprint density at radius 3 is 2.89 bits per heavy atom. The van der Waals surface area contributed by atoms with Crippen LogP contribution < -0.4 is 21.0 Å². The number of anilines is 1. The smallest absolute Gasteiger partial charge is 0.250 e. The molecule has 200 valence electrons. The van der Waals surface area contributed by atoms with Gasteiger partial charge in [0.15, 0.2) is 5.69 Å². The second-order valence-electron chi connectivity index (χ2n) is 11.1. The number of thiazole rings is 1. The number of fused-ring (bicyclic) bond motifs is 8. The molecule has 3 aliphatic rings.